The van der Waals surface area contributed by atoms with Crippen LogP contribution in [-0.4, -0.2) is 64.2 Å². The molecular weight excluding hydrogens is 468 g/mol. The summed E-state index contributed by atoms with van der Waals surface area (Å²) in [6.45, 7) is 2.64. The number of nitrogen functional groups attached to an aromatic ring is 1. The van der Waals surface area contributed by atoms with Crippen molar-refractivity contribution in [2.24, 2.45) is 5.92 Å². The Bertz CT molecular complexity index is 1210. The monoisotopic (exact) mass is 496 g/mol. The molecule has 0 saturated heterocycles. The first-order chi connectivity index (χ1) is 16.8. The van der Waals surface area contributed by atoms with Gasteiger partial charge in [0.15, 0.2) is 22.5 Å². The number of aromatic nitrogens is 4. The summed E-state index contributed by atoms with van der Waals surface area (Å²) in [6, 6.07) is 9.14. The van der Waals surface area contributed by atoms with Crippen molar-refractivity contribution < 1.29 is 14.3 Å². The molecule has 35 heavy (non-hydrogen) atoms. The lowest BCUT2D eigenvalue weighted by molar-refractivity contribution is -0.117. The van der Waals surface area contributed by atoms with E-state index in [1.165, 1.54) is 11.8 Å². The van der Waals surface area contributed by atoms with Crippen molar-refractivity contribution in [1.82, 2.24) is 25.1 Å². The summed E-state index contributed by atoms with van der Waals surface area (Å²) in [5.74, 6) is 0.308. The highest BCUT2D eigenvalue weighted by atomic mass is 32.2. The molecule has 1 aliphatic carbocycles. The molecule has 1 amide bonds. The average Bonchev–Trinajstić information content (AvgIpc) is 3.59. The maximum absolute atomic E-state index is 12.8. The first-order valence-corrected chi connectivity index (χ1v) is 12.0. The molecule has 0 spiro atoms. The lowest BCUT2D eigenvalue weighted by atomic mass is 10.3. The maximum Gasteiger partial charge on any atom is 0.359 e. The van der Waals surface area contributed by atoms with Crippen LogP contribution in [0.3, 0.4) is 0 Å². The molecule has 5 N–H and O–H groups in total. The van der Waals surface area contributed by atoms with E-state index in [-0.39, 0.29) is 35.6 Å². The molecule has 2 heterocycles. The molecule has 1 fully saturated rings. The van der Waals surface area contributed by atoms with E-state index in [4.69, 9.17) is 10.5 Å². The van der Waals surface area contributed by atoms with E-state index in [2.05, 4.69) is 30.8 Å². The van der Waals surface area contributed by atoms with E-state index in [1.54, 1.807) is 6.07 Å². The van der Waals surface area contributed by atoms with E-state index >= 15 is 0 Å². The number of nitrogens with one attached hydrogen (secondary N) is 3. The largest absolute Gasteiger partial charge is 0.460 e. The zero-order chi connectivity index (χ0) is 24.9. The standard InChI is InChI=1S/C23H28N8O3S/c1-13-12-17(30-29-13)26-20-18(24)19(22(33)34-11-10-31(2)3)27-23(28-20)35-16-8-6-15(7-9-16)25-21(32)14-4-5-14/h6-9,12,14H,4-5,10-11,24H2,1-3H3,(H,25,32)(H2,26,27,28,29,30). The van der Waals surface area contributed by atoms with Crippen LogP contribution in [0.15, 0.2) is 40.4 Å². The number of rotatable bonds is 10. The minimum atomic E-state index is -0.631. The topological polar surface area (TPSA) is 151 Å². The zero-order valence-corrected chi connectivity index (χ0v) is 20.6. The lowest BCUT2D eigenvalue weighted by Crippen LogP contribution is -2.21. The number of nitrogens with two attached hydrogens (primary N) is 1. The van der Waals surface area contributed by atoms with E-state index in [1.807, 2.05) is 50.2 Å². The number of carbonyl (C=O) groups excluding carboxylic acids is 2. The number of likely N-dealkylation sites (N-methyl/N-ethyl adjacent to an activating group) is 1. The summed E-state index contributed by atoms with van der Waals surface area (Å²) < 4.78 is 5.36. The van der Waals surface area contributed by atoms with E-state index in [0.717, 1.165) is 29.1 Å². The molecule has 1 aromatic carbocycles. The Morgan fingerprint density at radius 1 is 1.23 bits per heavy atom. The number of amides is 1. The molecule has 3 aromatic rings. The van der Waals surface area contributed by atoms with Gasteiger partial charge in [0.1, 0.15) is 12.3 Å². The fourth-order valence-electron chi connectivity index (χ4n) is 3.04. The van der Waals surface area contributed by atoms with Gasteiger partial charge in [0.2, 0.25) is 5.91 Å². The third kappa shape index (κ3) is 6.70. The van der Waals surface area contributed by atoms with E-state index in [0.29, 0.717) is 17.5 Å². The average molecular weight is 497 g/mol. The number of aryl methyl sites for hydroxylation is 1. The second kappa shape index (κ2) is 10.7. The summed E-state index contributed by atoms with van der Waals surface area (Å²) >= 11 is 1.26. The van der Waals surface area contributed by atoms with Crippen molar-refractivity contribution >= 4 is 46.6 Å². The Morgan fingerprint density at radius 3 is 2.60 bits per heavy atom. The molecule has 1 aliphatic rings. The minimum Gasteiger partial charge on any atom is -0.460 e. The highest BCUT2D eigenvalue weighted by molar-refractivity contribution is 7.99. The highest BCUT2D eigenvalue weighted by Gasteiger charge is 2.29. The summed E-state index contributed by atoms with van der Waals surface area (Å²) in [5, 5.41) is 13.2. The van der Waals surface area contributed by atoms with Crippen LogP contribution in [0.25, 0.3) is 0 Å². The van der Waals surface area contributed by atoms with Gasteiger partial charge in [-0.05, 0) is 69.9 Å². The Labute approximate surface area is 207 Å². The smallest absolute Gasteiger partial charge is 0.359 e. The number of esters is 1. The van der Waals surface area contributed by atoms with Crippen LogP contribution in [0.4, 0.5) is 23.0 Å². The molecule has 0 radical (unpaired) electrons. The summed E-state index contributed by atoms with van der Waals surface area (Å²) in [7, 11) is 3.77. The summed E-state index contributed by atoms with van der Waals surface area (Å²) in [6.07, 6.45) is 1.89. The van der Waals surface area contributed by atoms with Gasteiger partial charge in [0, 0.05) is 34.8 Å². The normalized spacial score (nSPS) is 13.0. The number of hydrogen-bond donors (Lipinski definition) is 4. The quantitative estimate of drug-likeness (QED) is 0.243. The molecule has 11 nitrogen and oxygen atoms in total. The Hall–Kier alpha value is -3.64. The van der Waals surface area contributed by atoms with Gasteiger partial charge in [-0.15, -0.1) is 0 Å². The van der Waals surface area contributed by atoms with Crippen molar-refractivity contribution in [3.05, 3.63) is 41.7 Å². The molecule has 12 heteroatoms. The van der Waals surface area contributed by atoms with E-state index in [9.17, 15) is 9.59 Å². The predicted octanol–water partition coefficient (Wildman–Crippen LogP) is 3.05. The van der Waals surface area contributed by atoms with Crippen LogP contribution < -0.4 is 16.4 Å². The van der Waals surface area contributed by atoms with Gasteiger partial charge < -0.3 is 26.0 Å². The second-order valence-electron chi connectivity index (χ2n) is 8.51. The van der Waals surface area contributed by atoms with Crippen LogP contribution in [0.2, 0.25) is 0 Å². The molecule has 184 valence electrons. The summed E-state index contributed by atoms with van der Waals surface area (Å²) in [5.41, 5.74) is 7.87. The first kappa shape index (κ1) is 24.5. The number of benzene rings is 1. The van der Waals surface area contributed by atoms with Crippen LogP contribution in [0.5, 0.6) is 0 Å². The second-order valence-corrected chi connectivity index (χ2v) is 9.55. The molecule has 2 aromatic heterocycles. The number of nitrogens with zero attached hydrogens (tertiary/aromatic N) is 4. The summed E-state index contributed by atoms with van der Waals surface area (Å²) in [4.78, 5) is 36.3. The Kier molecular flexibility index (Phi) is 7.51. The molecule has 0 bridgehead atoms. The molecule has 0 aliphatic heterocycles. The minimum absolute atomic E-state index is 0.0238. The van der Waals surface area contributed by atoms with Crippen LogP contribution in [0, 0.1) is 12.8 Å². The van der Waals surface area contributed by atoms with Gasteiger partial charge in [0.25, 0.3) is 0 Å². The van der Waals surface area contributed by atoms with Gasteiger partial charge in [-0.1, -0.05) is 0 Å². The fraction of sp³-hybridized carbons (Fsp3) is 0.348. The number of ether oxygens (including phenoxy) is 1. The highest BCUT2D eigenvalue weighted by Crippen LogP contribution is 2.33. The van der Waals surface area contributed by atoms with E-state index < -0.39 is 5.97 Å². The van der Waals surface area contributed by atoms with Crippen LogP contribution >= 0.6 is 11.8 Å². The van der Waals surface area contributed by atoms with Crippen molar-refractivity contribution in [1.29, 1.82) is 0 Å². The SMILES string of the molecule is Cc1cc(Nc2nc(Sc3ccc(NC(=O)C4CC4)cc3)nc(C(=O)OCCN(C)C)c2N)n[nH]1. The first-order valence-electron chi connectivity index (χ1n) is 11.2. The number of aromatic amines is 1. The van der Waals surface area contributed by atoms with Crippen molar-refractivity contribution in [3.63, 3.8) is 0 Å². The zero-order valence-electron chi connectivity index (χ0n) is 19.8. The number of carbonyl (C=O) groups is 2. The van der Waals surface area contributed by atoms with Gasteiger partial charge in [-0.2, -0.15) is 5.10 Å². The van der Waals surface area contributed by atoms with Crippen LogP contribution in [0.1, 0.15) is 29.0 Å². The Morgan fingerprint density at radius 2 is 1.97 bits per heavy atom. The van der Waals surface area contributed by atoms with Gasteiger partial charge in [-0.3, -0.25) is 9.89 Å². The Balaban J connectivity index is 1.55. The van der Waals surface area contributed by atoms with Gasteiger partial charge in [-0.25, -0.2) is 14.8 Å². The number of H-pyrrole nitrogens is 1. The fourth-order valence-corrected chi connectivity index (χ4v) is 3.80. The predicted molar refractivity (Wildman–Crippen MR) is 134 cm³/mol. The van der Waals surface area contributed by atoms with Gasteiger partial charge >= 0.3 is 5.97 Å². The third-order valence-electron chi connectivity index (χ3n) is 5.12. The maximum atomic E-state index is 12.8. The molecule has 0 atom stereocenters. The van der Waals surface area contributed by atoms with Crippen molar-refractivity contribution in [2.75, 3.05) is 43.6 Å². The third-order valence-corrected chi connectivity index (χ3v) is 5.99. The van der Waals surface area contributed by atoms with Gasteiger partial charge in [0.05, 0.1) is 0 Å². The number of anilines is 4. The van der Waals surface area contributed by atoms with Crippen LogP contribution in [-0.2, 0) is 9.53 Å². The van der Waals surface area contributed by atoms with Crippen molar-refractivity contribution in [3.8, 4) is 0 Å². The molecular formula is C23H28N8O3S. The lowest BCUT2D eigenvalue weighted by Gasteiger charge is -2.13. The van der Waals surface area contributed by atoms with Crippen molar-refractivity contribution in [2.45, 2.75) is 29.8 Å². The molecule has 1 saturated carbocycles. The molecule has 4 rings (SSSR count). The number of hydrogen-bond acceptors (Lipinski definition) is 10. The molecule has 0 unspecified atom stereocenters.